The van der Waals surface area contributed by atoms with Crippen molar-refractivity contribution in [2.24, 2.45) is 0 Å². The Morgan fingerprint density at radius 3 is 2.42 bits per heavy atom. The summed E-state index contributed by atoms with van der Waals surface area (Å²) in [5.74, 6) is -0.000800. The normalized spacial score (nSPS) is 10.5. The molecule has 0 atom stereocenters. The lowest BCUT2D eigenvalue weighted by Crippen LogP contribution is -2.27. The Bertz CT molecular complexity index is 785. The molecule has 0 unspecified atom stereocenters. The van der Waals surface area contributed by atoms with Crippen molar-refractivity contribution >= 4 is 17.5 Å². The average Bonchev–Trinajstić information content (AvgIpc) is 3.12. The third kappa shape index (κ3) is 4.39. The first kappa shape index (κ1) is 16.1. The molecule has 1 N–H and O–H groups in total. The lowest BCUT2D eigenvalue weighted by atomic mass is 10.1. The van der Waals surface area contributed by atoms with Crippen LogP contribution in [0.1, 0.15) is 11.1 Å². The molecule has 3 aromatic rings. The van der Waals surface area contributed by atoms with Crippen molar-refractivity contribution < 1.29 is 4.79 Å². The van der Waals surface area contributed by atoms with Gasteiger partial charge in [-0.05, 0) is 52.2 Å². The summed E-state index contributed by atoms with van der Waals surface area (Å²) in [6.45, 7) is 0.600. The molecule has 0 saturated heterocycles. The molecule has 0 spiro atoms. The first-order valence-corrected chi connectivity index (χ1v) is 7.92. The maximum Gasteiger partial charge on any atom is 0.224 e. The highest BCUT2D eigenvalue weighted by Gasteiger charge is 2.04. The summed E-state index contributed by atoms with van der Waals surface area (Å²) in [7, 11) is 0. The second-order valence-electron chi connectivity index (χ2n) is 5.32. The van der Waals surface area contributed by atoms with Gasteiger partial charge < -0.3 is 5.32 Å². The van der Waals surface area contributed by atoms with E-state index in [2.05, 4.69) is 20.8 Å². The molecule has 0 saturated carbocycles. The maximum atomic E-state index is 12.0. The molecule has 6 nitrogen and oxygen atoms in total. The smallest absolute Gasteiger partial charge is 0.224 e. The van der Waals surface area contributed by atoms with Crippen molar-refractivity contribution in [2.45, 2.75) is 12.8 Å². The molecule has 1 aromatic heterocycles. The van der Waals surface area contributed by atoms with E-state index in [9.17, 15) is 4.79 Å². The van der Waals surface area contributed by atoms with Crippen LogP contribution in [0.4, 0.5) is 0 Å². The van der Waals surface area contributed by atoms with Crippen molar-refractivity contribution in [3.8, 4) is 5.69 Å². The highest BCUT2D eigenvalue weighted by Crippen LogP contribution is 2.10. The van der Waals surface area contributed by atoms with Gasteiger partial charge in [-0.15, -0.1) is 5.10 Å². The Kier molecular flexibility index (Phi) is 5.18. The van der Waals surface area contributed by atoms with Crippen LogP contribution in [0.3, 0.4) is 0 Å². The van der Waals surface area contributed by atoms with E-state index < -0.39 is 0 Å². The first-order chi connectivity index (χ1) is 11.7. The quantitative estimate of drug-likeness (QED) is 0.746. The van der Waals surface area contributed by atoms with Gasteiger partial charge in [0.15, 0.2) is 0 Å². The number of carbonyl (C=O) groups excluding carboxylic acids is 1. The fraction of sp³-hybridized carbons (Fsp3) is 0.176. The highest BCUT2D eigenvalue weighted by atomic mass is 35.5. The number of nitrogens with one attached hydrogen (secondary N) is 1. The molecular formula is C17H16ClN5O. The van der Waals surface area contributed by atoms with Crippen LogP contribution in [0.2, 0.25) is 5.02 Å². The van der Waals surface area contributed by atoms with E-state index in [1.807, 2.05) is 48.5 Å². The second kappa shape index (κ2) is 7.70. The number of benzene rings is 2. The number of aromatic nitrogens is 4. The Labute approximate surface area is 144 Å². The number of nitrogens with zero attached hydrogens (tertiary/aromatic N) is 4. The maximum absolute atomic E-state index is 12.0. The van der Waals surface area contributed by atoms with Crippen LogP contribution in [0.25, 0.3) is 5.69 Å². The first-order valence-electron chi connectivity index (χ1n) is 7.54. The number of carbonyl (C=O) groups is 1. The van der Waals surface area contributed by atoms with Crippen molar-refractivity contribution in [1.29, 1.82) is 0 Å². The largest absolute Gasteiger partial charge is 0.355 e. The third-order valence-corrected chi connectivity index (χ3v) is 3.82. The van der Waals surface area contributed by atoms with Gasteiger partial charge in [-0.2, -0.15) is 0 Å². The average molecular weight is 342 g/mol. The van der Waals surface area contributed by atoms with Gasteiger partial charge in [0.2, 0.25) is 5.91 Å². The summed E-state index contributed by atoms with van der Waals surface area (Å²) in [5, 5.41) is 14.7. The predicted molar refractivity (Wildman–Crippen MR) is 91.0 cm³/mol. The van der Waals surface area contributed by atoms with E-state index in [0.29, 0.717) is 18.0 Å². The Morgan fingerprint density at radius 2 is 1.75 bits per heavy atom. The van der Waals surface area contributed by atoms with Crippen molar-refractivity contribution in [1.82, 2.24) is 25.5 Å². The Balaban J connectivity index is 1.47. The van der Waals surface area contributed by atoms with Gasteiger partial charge in [-0.1, -0.05) is 35.9 Å². The lowest BCUT2D eigenvalue weighted by Gasteiger charge is -2.06. The summed E-state index contributed by atoms with van der Waals surface area (Å²) in [5.41, 5.74) is 2.94. The van der Waals surface area contributed by atoms with Gasteiger partial charge in [0.1, 0.15) is 6.33 Å². The van der Waals surface area contributed by atoms with Gasteiger partial charge in [0.25, 0.3) is 0 Å². The molecule has 24 heavy (non-hydrogen) atoms. The number of halogens is 1. The Hall–Kier alpha value is -2.73. The van der Waals surface area contributed by atoms with Gasteiger partial charge in [0.05, 0.1) is 12.1 Å². The minimum Gasteiger partial charge on any atom is -0.355 e. The number of tetrazole rings is 1. The molecule has 0 radical (unpaired) electrons. The van der Waals surface area contributed by atoms with Crippen molar-refractivity contribution in [2.75, 3.05) is 6.54 Å². The van der Waals surface area contributed by atoms with Crippen LogP contribution in [-0.2, 0) is 17.6 Å². The van der Waals surface area contributed by atoms with Gasteiger partial charge in [0, 0.05) is 11.6 Å². The van der Waals surface area contributed by atoms with Gasteiger partial charge in [-0.3, -0.25) is 4.79 Å². The van der Waals surface area contributed by atoms with E-state index in [4.69, 9.17) is 11.6 Å². The number of hydrogen-bond donors (Lipinski definition) is 1. The molecule has 7 heteroatoms. The topological polar surface area (TPSA) is 72.7 Å². The van der Waals surface area contributed by atoms with E-state index >= 15 is 0 Å². The standard InChI is InChI=1S/C17H16ClN5O/c18-15-5-1-13(2-6-15)9-10-19-17(24)11-14-3-7-16(8-4-14)23-12-20-21-22-23/h1-8,12H,9-11H2,(H,19,24). The minimum atomic E-state index is -0.000800. The molecule has 0 aliphatic heterocycles. The van der Waals surface area contributed by atoms with E-state index in [1.165, 1.54) is 6.33 Å². The van der Waals surface area contributed by atoms with E-state index in [-0.39, 0.29) is 5.91 Å². The van der Waals surface area contributed by atoms with Crippen LogP contribution < -0.4 is 5.32 Å². The van der Waals surface area contributed by atoms with E-state index in [1.54, 1.807) is 4.68 Å². The monoisotopic (exact) mass is 341 g/mol. The van der Waals surface area contributed by atoms with Crippen LogP contribution in [-0.4, -0.2) is 32.7 Å². The van der Waals surface area contributed by atoms with Crippen LogP contribution >= 0.6 is 11.6 Å². The molecule has 0 bridgehead atoms. The molecular weight excluding hydrogens is 326 g/mol. The minimum absolute atomic E-state index is 0.000800. The fourth-order valence-corrected chi connectivity index (χ4v) is 2.42. The van der Waals surface area contributed by atoms with Crippen molar-refractivity contribution in [3.05, 3.63) is 71.0 Å². The molecule has 0 fully saturated rings. The summed E-state index contributed by atoms with van der Waals surface area (Å²) >= 11 is 5.85. The predicted octanol–water partition coefficient (Wildman–Crippen LogP) is 2.22. The lowest BCUT2D eigenvalue weighted by molar-refractivity contribution is -0.120. The van der Waals surface area contributed by atoms with Crippen LogP contribution in [0.15, 0.2) is 54.9 Å². The molecule has 122 valence electrons. The number of amides is 1. The van der Waals surface area contributed by atoms with Gasteiger partial charge >= 0.3 is 0 Å². The molecule has 1 amide bonds. The SMILES string of the molecule is O=C(Cc1ccc(-n2cnnn2)cc1)NCCc1ccc(Cl)cc1. The molecule has 0 aliphatic rings. The zero-order valence-electron chi connectivity index (χ0n) is 12.9. The second-order valence-corrected chi connectivity index (χ2v) is 5.76. The summed E-state index contributed by atoms with van der Waals surface area (Å²) in [4.78, 5) is 12.0. The number of rotatable bonds is 6. The fourth-order valence-electron chi connectivity index (χ4n) is 2.29. The zero-order chi connectivity index (χ0) is 16.8. The van der Waals surface area contributed by atoms with Crippen molar-refractivity contribution in [3.63, 3.8) is 0 Å². The molecule has 1 heterocycles. The highest BCUT2D eigenvalue weighted by molar-refractivity contribution is 6.30. The number of hydrogen-bond acceptors (Lipinski definition) is 4. The Morgan fingerprint density at radius 1 is 1.04 bits per heavy atom. The van der Waals surface area contributed by atoms with E-state index in [0.717, 1.165) is 23.2 Å². The summed E-state index contributed by atoms with van der Waals surface area (Å²) < 4.78 is 1.57. The van der Waals surface area contributed by atoms with Gasteiger partial charge in [-0.25, -0.2) is 4.68 Å². The summed E-state index contributed by atoms with van der Waals surface area (Å²) in [6, 6.07) is 15.2. The third-order valence-electron chi connectivity index (χ3n) is 3.56. The molecule has 2 aromatic carbocycles. The zero-order valence-corrected chi connectivity index (χ0v) is 13.6. The van der Waals surface area contributed by atoms with Crippen LogP contribution in [0, 0.1) is 0 Å². The van der Waals surface area contributed by atoms with Crippen LogP contribution in [0.5, 0.6) is 0 Å². The summed E-state index contributed by atoms with van der Waals surface area (Å²) in [6.07, 6.45) is 2.65. The molecule has 0 aliphatic carbocycles. The molecule has 3 rings (SSSR count).